The van der Waals surface area contributed by atoms with Crippen molar-refractivity contribution in [2.24, 2.45) is 0 Å². The number of fused-ring (bicyclic) bond motifs is 1. The molecule has 4 nitrogen and oxygen atoms in total. The van der Waals surface area contributed by atoms with E-state index < -0.39 is 6.10 Å². The Hall–Kier alpha value is -1.53. The number of benzene rings is 2. The summed E-state index contributed by atoms with van der Waals surface area (Å²) in [6, 6.07) is 15.0. The highest BCUT2D eigenvalue weighted by Crippen LogP contribution is 2.23. The van der Waals surface area contributed by atoms with Gasteiger partial charge in [-0.05, 0) is 29.8 Å². The van der Waals surface area contributed by atoms with E-state index in [0.29, 0.717) is 22.6 Å². The number of ether oxygens (including phenoxy) is 1. The van der Waals surface area contributed by atoms with Crippen molar-refractivity contribution in [3.63, 3.8) is 0 Å². The molecule has 0 bridgehead atoms. The van der Waals surface area contributed by atoms with E-state index in [4.69, 9.17) is 20.8 Å². The Kier molecular flexibility index (Phi) is 5.56. The third-order valence-corrected chi connectivity index (χ3v) is 4.39. The molecule has 2 aromatic carbocycles. The molecule has 6 heteroatoms. The zero-order valence-corrected chi connectivity index (χ0v) is 13.9. The van der Waals surface area contributed by atoms with Gasteiger partial charge in [0.25, 0.3) is 5.22 Å². The maximum atomic E-state index is 9.97. The van der Waals surface area contributed by atoms with Crippen LogP contribution in [0.15, 0.2) is 58.2 Å². The molecule has 0 spiro atoms. The third kappa shape index (κ3) is 4.72. The van der Waals surface area contributed by atoms with Gasteiger partial charge in [0.15, 0.2) is 5.58 Å². The van der Waals surface area contributed by atoms with Crippen LogP contribution in [0.5, 0.6) is 0 Å². The summed E-state index contributed by atoms with van der Waals surface area (Å²) in [5.74, 6) is 0.466. The molecule has 0 fully saturated rings. The first kappa shape index (κ1) is 16.3. The van der Waals surface area contributed by atoms with Crippen molar-refractivity contribution in [2.75, 3.05) is 12.4 Å². The van der Waals surface area contributed by atoms with Crippen molar-refractivity contribution >= 4 is 34.5 Å². The first-order valence-electron chi connectivity index (χ1n) is 7.19. The van der Waals surface area contributed by atoms with Gasteiger partial charge < -0.3 is 14.3 Å². The van der Waals surface area contributed by atoms with E-state index in [0.717, 1.165) is 16.7 Å². The lowest BCUT2D eigenvalue weighted by molar-refractivity contribution is 0.0397. The molecule has 0 amide bonds. The van der Waals surface area contributed by atoms with Gasteiger partial charge in [0.05, 0.1) is 19.3 Å². The smallest absolute Gasteiger partial charge is 0.256 e. The summed E-state index contributed by atoms with van der Waals surface area (Å²) in [4.78, 5) is 4.35. The van der Waals surface area contributed by atoms with Crippen LogP contribution in [0.3, 0.4) is 0 Å². The average molecular weight is 350 g/mol. The summed E-state index contributed by atoms with van der Waals surface area (Å²) in [5, 5.41) is 11.2. The summed E-state index contributed by atoms with van der Waals surface area (Å²) in [6.45, 7) is 0.706. The van der Waals surface area contributed by atoms with E-state index in [1.807, 2.05) is 48.5 Å². The number of aromatic nitrogens is 1. The Bertz CT molecular complexity index is 727. The molecule has 0 aliphatic rings. The van der Waals surface area contributed by atoms with Crippen LogP contribution >= 0.6 is 23.4 Å². The second kappa shape index (κ2) is 7.84. The van der Waals surface area contributed by atoms with Crippen molar-refractivity contribution < 1.29 is 14.3 Å². The summed E-state index contributed by atoms with van der Waals surface area (Å²) < 4.78 is 11.1. The number of hydrogen-bond acceptors (Lipinski definition) is 5. The molecule has 0 aliphatic heterocycles. The third-order valence-electron chi connectivity index (χ3n) is 3.17. The number of thioether (sulfide) groups is 1. The van der Waals surface area contributed by atoms with Gasteiger partial charge in [-0.1, -0.05) is 47.6 Å². The number of para-hydroxylation sites is 2. The van der Waals surface area contributed by atoms with Gasteiger partial charge in [-0.25, -0.2) is 4.98 Å². The monoisotopic (exact) mass is 349 g/mol. The highest BCUT2D eigenvalue weighted by Gasteiger charge is 2.10. The van der Waals surface area contributed by atoms with E-state index in [1.54, 1.807) is 0 Å². The molecule has 1 heterocycles. The summed E-state index contributed by atoms with van der Waals surface area (Å²) in [5.41, 5.74) is 2.60. The van der Waals surface area contributed by atoms with E-state index in [1.165, 1.54) is 11.8 Å². The van der Waals surface area contributed by atoms with E-state index in [2.05, 4.69) is 4.98 Å². The van der Waals surface area contributed by atoms with E-state index in [9.17, 15) is 5.11 Å². The first-order valence-corrected chi connectivity index (χ1v) is 8.56. The molecule has 23 heavy (non-hydrogen) atoms. The van der Waals surface area contributed by atoms with Crippen LogP contribution in [0, 0.1) is 0 Å². The van der Waals surface area contributed by atoms with Gasteiger partial charge in [0, 0.05) is 10.8 Å². The highest BCUT2D eigenvalue weighted by molar-refractivity contribution is 7.99. The minimum absolute atomic E-state index is 0.260. The fourth-order valence-electron chi connectivity index (χ4n) is 2.02. The fraction of sp³-hybridized carbons (Fsp3) is 0.235. The zero-order chi connectivity index (χ0) is 16.1. The van der Waals surface area contributed by atoms with Gasteiger partial charge >= 0.3 is 0 Å². The largest absolute Gasteiger partial charge is 0.431 e. The summed E-state index contributed by atoms with van der Waals surface area (Å²) >= 11 is 7.20. The van der Waals surface area contributed by atoms with Crippen molar-refractivity contribution in [1.29, 1.82) is 0 Å². The standard InChI is InChI=1S/C17H16ClNO3S/c18-13-7-5-12(6-8-13)9-21-10-14(20)11-23-17-19-15-3-1-2-4-16(15)22-17/h1-8,14,20H,9-11H2/t14-/m1/s1. The number of aliphatic hydroxyl groups excluding tert-OH is 1. The Morgan fingerprint density at radius 1 is 1.17 bits per heavy atom. The van der Waals surface area contributed by atoms with Crippen LogP contribution in [-0.2, 0) is 11.3 Å². The first-order chi connectivity index (χ1) is 11.2. The van der Waals surface area contributed by atoms with Gasteiger partial charge in [0.2, 0.25) is 0 Å². The van der Waals surface area contributed by atoms with Crippen molar-refractivity contribution in [3.8, 4) is 0 Å². The van der Waals surface area contributed by atoms with Gasteiger partial charge in [0.1, 0.15) is 5.52 Å². The van der Waals surface area contributed by atoms with E-state index >= 15 is 0 Å². The lowest BCUT2D eigenvalue weighted by Crippen LogP contribution is -2.17. The lowest BCUT2D eigenvalue weighted by Gasteiger charge is -2.10. The molecule has 120 valence electrons. The maximum absolute atomic E-state index is 9.97. The average Bonchev–Trinajstić information content (AvgIpc) is 2.98. The molecule has 1 N–H and O–H groups in total. The molecule has 0 radical (unpaired) electrons. The molecule has 0 saturated carbocycles. The predicted molar refractivity (Wildman–Crippen MR) is 91.8 cm³/mol. The summed E-state index contributed by atoms with van der Waals surface area (Å²) in [7, 11) is 0. The van der Waals surface area contributed by atoms with Gasteiger partial charge in [-0.3, -0.25) is 0 Å². The SMILES string of the molecule is O[C@H](COCc1ccc(Cl)cc1)CSc1nc2ccccc2o1. The van der Waals surface area contributed by atoms with Crippen LogP contribution in [-0.4, -0.2) is 28.6 Å². The molecule has 1 atom stereocenters. The normalized spacial score (nSPS) is 12.6. The minimum Gasteiger partial charge on any atom is -0.431 e. The molecule has 0 aliphatic carbocycles. The molecule has 1 aromatic heterocycles. The number of nitrogens with zero attached hydrogens (tertiary/aromatic N) is 1. The Morgan fingerprint density at radius 2 is 1.96 bits per heavy atom. The van der Waals surface area contributed by atoms with Crippen LogP contribution in [0.4, 0.5) is 0 Å². The molecule has 3 aromatic rings. The van der Waals surface area contributed by atoms with Gasteiger partial charge in [-0.15, -0.1) is 0 Å². The number of hydrogen-bond donors (Lipinski definition) is 1. The van der Waals surface area contributed by atoms with Crippen molar-refractivity contribution in [3.05, 3.63) is 59.1 Å². The van der Waals surface area contributed by atoms with Crippen LogP contribution < -0.4 is 0 Å². The fourth-order valence-corrected chi connectivity index (χ4v) is 2.89. The highest BCUT2D eigenvalue weighted by atomic mass is 35.5. The topological polar surface area (TPSA) is 55.5 Å². The quantitative estimate of drug-likeness (QED) is 0.649. The molecular formula is C17H16ClNO3S. The Labute approximate surface area is 143 Å². The van der Waals surface area contributed by atoms with Crippen LogP contribution in [0.2, 0.25) is 5.02 Å². The minimum atomic E-state index is -0.581. The van der Waals surface area contributed by atoms with Crippen molar-refractivity contribution in [2.45, 2.75) is 17.9 Å². The summed E-state index contributed by atoms with van der Waals surface area (Å²) in [6.07, 6.45) is -0.581. The lowest BCUT2D eigenvalue weighted by atomic mass is 10.2. The molecular weight excluding hydrogens is 334 g/mol. The second-order valence-electron chi connectivity index (χ2n) is 5.05. The number of rotatable bonds is 7. The maximum Gasteiger partial charge on any atom is 0.256 e. The predicted octanol–water partition coefficient (Wildman–Crippen LogP) is 4.15. The van der Waals surface area contributed by atoms with Crippen LogP contribution in [0.1, 0.15) is 5.56 Å². The number of aliphatic hydroxyl groups is 1. The van der Waals surface area contributed by atoms with Gasteiger partial charge in [-0.2, -0.15) is 0 Å². The zero-order valence-electron chi connectivity index (χ0n) is 12.3. The molecule has 3 rings (SSSR count). The Balaban J connectivity index is 1.42. The molecule has 0 saturated heterocycles. The van der Waals surface area contributed by atoms with Crippen LogP contribution in [0.25, 0.3) is 11.1 Å². The molecule has 0 unspecified atom stereocenters. The number of halogens is 1. The Morgan fingerprint density at radius 3 is 2.74 bits per heavy atom. The van der Waals surface area contributed by atoms with Crippen molar-refractivity contribution in [1.82, 2.24) is 4.98 Å². The van der Waals surface area contributed by atoms with E-state index in [-0.39, 0.29) is 6.61 Å². The second-order valence-corrected chi connectivity index (χ2v) is 6.46. The number of oxazole rings is 1.